The van der Waals surface area contributed by atoms with Crippen LogP contribution in [-0.2, 0) is 12.7 Å². The average Bonchev–Trinajstić information content (AvgIpc) is 3.29. The molecule has 0 spiro atoms. The van der Waals surface area contributed by atoms with Gasteiger partial charge in [0.2, 0.25) is 0 Å². The van der Waals surface area contributed by atoms with Gasteiger partial charge in [0.15, 0.2) is 0 Å². The smallest absolute Gasteiger partial charge is 0.453 e. The summed E-state index contributed by atoms with van der Waals surface area (Å²) in [5, 5.41) is 16.9. The van der Waals surface area contributed by atoms with Gasteiger partial charge in [-0.15, -0.1) is 5.10 Å². The fourth-order valence-electron chi connectivity index (χ4n) is 3.93. The highest BCUT2D eigenvalue weighted by Crippen LogP contribution is 2.30. The number of piperidine rings is 1. The van der Waals surface area contributed by atoms with E-state index in [4.69, 9.17) is 4.74 Å². The molecule has 2 heterocycles. The van der Waals surface area contributed by atoms with Gasteiger partial charge in [-0.2, -0.15) is 17.9 Å². The molecule has 31 heavy (non-hydrogen) atoms. The third-order valence-corrected chi connectivity index (χ3v) is 5.40. The first-order valence-corrected chi connectivity index (χ1v) is 10.0. The largest absolute Gasteiger partial charge is 0.496 e. The molecule has 0 aliphatic carbocycles. The fraction of sp³-hybridized carbons (Fsp3) is 0.381. The number of alkyl halides is 3. The van der Waals surface area contributed by atoms with Gasteiger partial charge < -0.3 is 15.4 Å². The Morgan fingerprint density at radius 2 is 2.00 bits per heavy atom. The van der Waals surface area contributed by atoms with Gasteiger partial charge in [-0.05, 0) is 53.6 Å². The van der Waals surface area contributed by atoms with Crippen molar-refractivity contribution in [2.75, 3.05) is 13.7 Å². The van der Waals surface area contributed by atoms with Crippen molar-refractivity contribution in [2.24, 2.45) is 0 Å². The highest BCUT2D eigenvalue weighted by Gasteiger charge is 2.38. The zero-order valence-corrected chi connectivity index (χ0v) is 16.9. The number of hydrogen-bond donors (Lipinski definition) is 2. The molecule has 2 atom stereocenters. The minimum atomic E-state index is -4.65. The third kappa shape index (κ3) is 4.70. The standard InChI is InChI=1S/C21H23F3N6O/c1-31-18-10-9-16(30-20(21(22,23)24)27-28-29-30)12-15(18)13-26-17-8-5-11-25-19(17)14-6-3-2-4-7-14/h2-4,6-7,9-10,12,17,19,25-26H,5,8,11,13H2,1H3/t17-,19-/m0/s1/i13+2. The fourth-order valence-corrected chi connectivity index (χ4v) is 3.93. The van der Waals surface area contributed by atoms with Crippen LogP contribution in [0.3, 0.4) is 0 Å². The molecule has 10 heteroatoms. The predicted molar refractivity (Wildman–Crippen MR) is 108 cm³/mol. The summed E-state index contributed by atoms with van der Waals surface area (Å²) in [6, 6.07) is 15.3. The van der Waals surface area contributed by atoms with Crippen LogP contribution in [0.15, 0.2) is 48.5 Å². The first-order valence-electron chi connectivity index (χ1n) is 10.0. The van der Waals surface area contributed by atoms with Crippen molar-refractivity contribution in [3.05, 3.63) is 65.5 Å². The third-order valence-electron chi connectivity index (χ3n) is 5.40. The number of hydrogen-bond acceptors (Lipinski definition) is 6. The summed E-state index contributed by atoms with van der Waals surface area (Å²) in [5.74, 6) is -0.588. The van der Waals surface area contributed by atoms with Crippen LogP contribution in [0.25, 0.3) is 5.69 Å². The number of nitrogens with one attached hydrogen (secondary N) is 2. The van der Waals surface area contributed by atoms with E-state index in [1.807, 2.05) is 18.2 Å². The summed E-state index contributed by atoms with van der Waals surface area (Å²) in [6.45, 7) is 1.37. The topological polar surface area (TPSA) is 76.9 Å². The zero-order valence-electron chi connectivity index (χ0n) is 16.9. The van der Waals surface area contributed by atoms with Gasteiger partial charge in [-0.25, -0.2) is 0 Å². The number of nitrogens with zero attached hydrogens (tertiary/aromatic N) is 4. The first kappa shape index (κ1) is 21.3. The number of benzene rings is 2. The molecular formula is C21H23F3N6O. The Morgan fingerprint density at radius 3 is 2.74 bits per heavy atom. The van der Waals surface area contributed by atoms with Crippen molar-refractivity contribution < 1.29 is 17.9 Å². The van der Waals surface area contributed by atoms with Gasteiger partial charge in [-0.3, -0.25) is 0 Å². The molecule has 0 radical (unpaired) electrons. The Kier molecular flexibility index (Phi) is 6.19. The number of halogens is 3. The minimum absolute atomic E-state index is 0.153. The molecule has 164 valence electrons. The van der Waals surface area contributed by atoms with Crippen LogP contribution in [0.4, 0.5) is 13.2 Å². The Labute approximate surface area is 177 Å². The van der Waals surface area contributed by atoms with Gasteiger partial charge in [0.05, 0.1) is 12.8 Å². The molecule has 0 unspecified atom stereocenters. The molecule has 0 saturated carbocycles. The lowest BCUT2D eigenvalue weighted by atomic mass is 9.93. The van der Waals surface area contributed by atoms with Crippen LogP contribution in [0.1, 0.15) is 35.8 Å². The van der Waals surface area contributed by atoms with Crippen LogP contribution in [0.2, 0.25) is 0 Å². The molecule has 1 aromatic heterocycles. The van der Waals surface area contributed by atoms with Gasteiger partial charge in [0.25, 0.3) is 5.82 Å². The monoisotopic (exact) mass is 434 g/mol. The van der Waals surface area contributed by atoms with E-state index in [1.54, 1.807) is 12.1 Å². The van der Waals surface area contributed by atoms with Crippen LogP contribution < -0.4 is 15.4 Å². The van der Waals surface area contributed by atoms with Crippen molar-refractivity contribution in [1.82, 2.24) is 30.8 Å². The van der Waals surface area contributed by atoms with Crippen molar-refractivity contribution in [2.45, 2.75) is 37.6 Å². The molecule has 1 fully saturated rings. The van der Waals surface area contributed by atoms with Gasteiger partial charge >= 0.3 is 6.18 Å². The first-order chi connectivity index (χ1) is 15.0. The summed E-state index contributed by atoms with van der Waals surface area (Å²) in [4.78, 5) is 0. The predicted octanol–water partition coefficient (Wildman–Crippen LogP) is 3.27. The molecule has 0 amide bonds. The highest BCUT2D eigenvalue weighted by atomic mass is 19.4. The lowest BCUT2D eigenvalue weighted by Gasteiger charge is -2.34. The molecule has 7 nitrogen and oxygen atoms in total. The van der Waals surface area contributed by atoms with E-state index in [9.17, 15) is 13.2 Å². The molecule has 2 N–H and O–H groups in total. The van der Waals surface area contributed by atoms with Crippen molar-refractivity contribution >= 4 is 0 Å². The van der Waals surface area contributed by atoms with Crippen molar-refractivity contribution in [3.8, 4) is 11.4 Å². The molecule has 4 rings (SSSR count). The molecule has 1 saturated heterocycles. The van der Waals surface area contributed by atoms with E-state index in [-0.39, 0.29) is 17.8 Å². The van der Waals surface area contributed by atoms with E-state index in [2.05, 4.69) is 38.3 Å². The molecule has 1 aliphatic heterocycles. The van der Waals surface area contributed by atoms with Crippen molar-refractivity contribution in [3.63, 3.8) is 0 Å². The van der Waals surface area contributed by atoms with Crippen LogP contribution >= 0.6 is 0 Å². The molecule has 0 bridgehead atoms. The normalized spacial score (nSPS) is 19.4. The summed E-state index contributed by atoms with van der Waals surface area (Å²) in [6.07, 6.45) is -2.63. The van der Waals surface area contributed by atoms with E-state index < -0.39 is 12.0 Å². The molecule has 2 aromatic carbocycles. The maximum Gasteiger partial charge on any atom is 0.453 e. The number of ether oxygens (including phenoxy) is 1. The van der Waals surface area contributed by atoms with E-state index >= 15 is 0 Å². The van der Waals surface area contributed by atoms with Crippen LogP contribution in [0, 0.1) is 0 Å². The molecular weight excluding hydrogens is 411 g/mol. The number of aromatic nitrogens is 4. The second kappa shape index (κ2) is 9.03. The van der Waals surface area contributed by atoms with Crippen LogP contribution in [-0.4, -0.2) is 39.9 Å². The van der Waals surface area contributed by atoms with Crippen LogP contribution in [0.5, 0.6) is 5.75 Å². The summed E-state index contributed by atoms with van der Waals surface area (Å²) < 4.78 is 45.7. The second-order valence-electron chi connectivity index (χ2n) is 7.38. The SMILES string of the molecule is COc1ccc(-n2nnnc2C(F)(F)F)cc1[14CH2]N[C@H]1CCCN[C@H]1c1ccccc1. The maximum atomic E-state index is 13.2. The summed E-state index contributed by atoms with van der Waals surface area (Å²) >= 11 is 0. The number of rotatable bonds is 6. The quantitative estimate of drug-likeness (QED) is 0.620. The van der Waals surface area contributed by atoms with E-state index in [1.165, 1.54) is 18.7 Å². The Balaban J connectivity index is 1.57. The molecule has 3 aromatic rings. The van der Waals surface area contributed by atoms with E-state index in [0.717, 1.165) is 24.9 Å². The lowest BCUT2D eigenvalue weighted by molar-refractivity contribution is -0.146. The number of tetrazole rings is 1. The lowest BCUT2D eigenvalue weighted by Crippen LogP contribution is -2.45. The Hall–Kier alpha value is -2.98. The zero-order chi connectivity index (χ0) is 21.8. The Morgan fingerprint density at radius 1 is 1.19 bits per heavy atom. The average molecular weight is 434 g/mol. The van der Waals surface area contributed by atoms with Gasteiger partial charge in [0.1, 0.15) is 5.75 Å². The summed E-state index contributed by atoms with van der Waals surface area (Å²) in [5.41, 5.74) is 2.14. The highest BCUT2D eigenvalue weighted by molar-refractivity contribution is 5.44. The van der Waals surface area contributed by atoms with E-state index in [0.29, 0.717) is 17.0 Å². The van der Waals surface area contributed by atoms with Crippen molar-refractivity contribution in [1.29, 1.82) is 0 Å². The minimum Gasteiger partial charge on any atom is -0.496 e. The Bertz CT molecular complexity index is 1010. The summed E-state index contributed by atoms with van der Waals surface area (Å²) in [7, 11) is 1.53. The van der Waals surface area contributed by atoms with Gasteiger partial charge in [-0.1, -0.05) is 30.3 Å². The number of methoxy groups -OCH3 is 1. The maximum absolute atomic E-state index is 13.2. The molecule has 1 aliphatic rings. The van der Waals surface area contributed by atoms with Gasteiger partial charge in [0, 0.05) is 24.2 Å². The second-order valence-corrected chi connectivity index (χ2v) is 7.38.